The van der Waals surface area contributed by atoms with E-state index in [1.807, 2.05) is 17.7 Å². The fraction of sp³-hybridized carbons (Fsp3) is 0.333. The van der Waals surface area contributed by atoms with Crippen LogP contribution in [0.4, 0.5) is 11.4 Å². The van der Waals surface area contributed by atoms with Gasteiger partial charge in [0.1, 0.15) is 6.07 Å². The van der Waals surface area contributed by atoms with Gasteiger partial charge >= 0.3 is 0 Å². The molecule has 5 heteroatoms. The number of nitriles is 1. The average molecular weight is 269 g/mol. The topological polar surface area (TPSA) is 79.7 Å². The number of hydrogen-bond donors (Lipinski definition) is 2. The van der Waals surface area contributed by atoms with Gasteiger partial charge in [-0.2, -0.15) is 10.4 Å². The number of hydrogen-bond acceptors (Lipinski definition) is 4. The Labute approximate surface area is 119 Å². The Hall–Kier alpha value is -2.48. The van der Waals surface area contributed by atoms with E-state index in [0.717, 1.165) is 30.9 Å². The zero-order chi connectivity index (χ0) is 14.5. The maximum absolute atomic E-state index is 8.93. The van der Waals surface area contributed by atoms with Crippen LogP contribution in [-0.4, -0.2) is 16.3 Å². The molecule has 2 rings (SSSR count). The molecule has 2 aromatic rings. The van der Waals surface area contributed by atoms with Crippen molar-refractivity contribution in [3.8, 4) is 6.07 Å². The number of nitrogens with two attached hydrogens (primary N) is 1. The smallest absolute Gasteiger partial charge is 0.101 e. The summed E-state index contributed by atoms with van der Waals surface area (Å²) in [6, 6.07) is 9.58. The van der Waals surface area contributed by atoms with Crippen LogP contribution in [0.15, 0.2) is 24.3 Å². The maximum Gasteiger partial charge on any atom is 0.101 e. The minimum absolute atomic E-state index is 0.508. The maximum atomic E-state index is 8.93. The fourth-order valence-corrected chi connectivity index (χ4v) is 2.13. The van der Waals surface area contributed by atoms with Gasteiger partial charge in [0, 0.05) is 30.2 Å². The molecule has 0 aliphatic carbocycles. The molecule has 3 N–H and O–H groups in total. The summed E-state index contributed by atoms with van der Waals surface area (Å²) in [5.41, 5.74) is 9.86. The Kier molecular flexibility index (Phi) is 4.26. The van der Waals surface area contributed by atoms with Crippen LogP contribution in [-0.2, 0) is 6.54 Å². The van der Waals surface area contributed by atoms with Gasteiger partial charge in [0.2, 0.25) is 0 Å². The summed E-state index contributed by atoms with van der Waals surface area (Å²) in [6.07, 6.45) is 0.966. The second-order valence-corrected chi connectivity index (χ2v) is 4.84. The van der Waals surface area contributed by atoms with Crippen LogP contribution in [0.2, 0.25) is 0 Å². The Balaban J connectivity index is 1.85. The van der Waals surface area contributed by atoms with Crippen LogP contribution >= 0.6 is 0 Å². The number of aryl methyl sites for hydroxylation is 3. The molecule has 0 radical (unpaired) electrons. The molecule has 1 aromatic heterocycles. The van der Waals surface area contributed by atoms with Crippen molar-refractivity contribution in [3.63, 3.8) is 0 Å². The number of rotatable bonds is 5. The van der Waals surface area contributed by atoms with Crippen LogP contribution in [0.25, 0.3) is 0 Å². The molecule has 0 bridgehead atoms. The number of anilines is 2. The molecule has 0 aliphatic heterocycles. The van der Waals surface area contributed by atoms with E-state index in [1.54, 1.807) is 12.1 Å². The summed E-state index contributed by atoms with van der Waals surface area (Å²) >= 11 is 0. The van der Waals surface area contributed by atoms with E-state index in [9.17, 15) is 0 Å². The van der Waals surface area contributed by atoms with Gasteiger partial charge in [0.05, 0.1) is 11.3 Å². The minimum atomic E-state index is 0.508. The summed E-state index contributed by atoms with van der Waals surface area (Å²) in [5.74, 6) is 0. The van der Waals surface area contributed by atoms with Crippen LogP contribution in [0, 0.1) is 25.2 Å². The van der Waals surface area contributed by atoms with Gasteiger partial charge in [-0.05, 0) is 44.5 Å². The number of nitrogens with one attached hydrogen (secondary N) is 1. The van der Waals surface area contributed by atoms with E-state index in [0.29, 0.717) is 11.3 Å². The molecule has 5 nitrogen and oxygen atoms in total. The Morgan fingerprint density at radius 3 is 2.80 bits per heavy atom. The van der Waals surface area contributed by atoms with Gasteiger partial charge in [0.15, 0.2) is 0 Å². The molecule has 0 saturated heterocycles. The van der Waals surface area contributed by atoms with Crippen LogP contribution in [0.3, 0.4) is 0 Å². The zero-order valence-electron chi connectivity index (χ0n) is 11.8. The predicted molar refractivity (Wildman–Crippen MR) is 80.4 cm³/mol. The summed E-state index contributed by atoms with van der Waals surface area (Å²) in [7, 11) is 0. The highest BCUT2D eigenvalue weighted by Gasteiger charge is 2.01. The largest absolute Gasteiger partial charge is 0.398 e. The first kappa shape index (κ1) is 13.9. The molecule has 1 heterocycles. The second kappa shape index (κ2) is 6.11. The van der Waals surface area contributed by atoms with Crippen LogP contribution < -0.4 is 11.1 Å². The standard InChI is InChI=1S/C15H19N5/c1-11-8-12(2)20(19-11)7-3-6-18-14-4-5-15(17)13(9-14)10-16/h4-5,8-9,18H,3,6-7,17H2,1-2H3. The molecule has 0 unspecified atom stereocenters. The van der Waals surface area contributed by atoms with Crippen molar-refractivity contribution in [3.05, 3.63) is 41.2 Å². The summed E-state index contributed by atoms with van der Waals surface area (Å²) in [5, 5.41) is 16.6. The highest BCUT2D eigenvalue weighted by Crippen LogP contribution is 2.16. The molecule has 0 atom stereocenters. The Morgan fingerprint density at radius 1 is 1.35 bits per heavy atom. The van der Waals surface area contributed by atoms with Crippen molar-refractivity contribution in [2.24, 2.45) is 0 Å². The number of nitrogens with zero attached hydrogens (tertiary/aromatic N) is 3. The van der Waals surface area contributed by atoms with E-state index in [2.05, 4.69) is 29.5 Å². The van der Waals surface area contributed by atoms with Crippen molar-refractivity contribution in [2.75, 3.05) is 17.6 Å². The van der Waals surface area contributed by atoms with Crippen molar-refractivity contribution >= 4 is 11.4 Å². The first-order valence-corrected chi connectivity index (χ1v) is 6.64. The van der Waals surface area contributed by atoms with E-state index in [4.69, 9.17) is 11.0 Å². The van der Waals surface area contributed by atoms with E-state index < -0.39 is 0 Å². The molecular formula is C15H19N5. The summed E-state index contributed by atoms with van der Waals surface area (Å²) in [4.78, 5) is 0. The van der Waals surface area contributed by atoms with Gasteiger partial charge in [-0.1, -0.05) is 0 Å². The molecule has 1 aromatic carbocycles. The molecule has 0 spiro atoms. The third-order valence-electron chi connectivity index (χ3n) is 3.15. The highest BCUT2D eigenvalue weighted by atomic mass is 15.3. The summed E-state index contributed by atoms with van der Waals surface area (Å²) < 4.78 is 2.01. The van der Waals surface area contributed by atoms with Crippen molar-refractivity contribution < 1.29 is 0 Å². The van der Waals surface area contributed by atoms with Crippen LogP contribution in [0.1, 0.15) is 23.4 Å². The zero-order valence-corrected chi connectivity index (χ0v) is 11.8. The Bertz CT molecular complexity index is 636. The quantitative estimate of drug-likeness (QED) is 0.645. The SMILES string of the molecule is Cc1cc(C)n(CCCNc2ccc(N)c(C#N)c2)n1. The number of aromatic nitrogens is 2. The van der Waals surface area contributed by atoms with E-state index >= 15 is 0 Å². The molecule has 0 aliphatic rings. The fourth-order valence-electron chi connectivity index (χ4n) is 2.13. The second-order valence-electron chi connectivity index (χ2n) is 4.84. The van der Waals surface area contributed by atoms with Gasteiger partial charge in [-0.3, -0.25) is 4.68 Å². The molecule has 20 heavy (non-hydrogen) atoms. The lowest BCUT2D eigenvalue weighted by Gasteiger charge is -2.08. The molecule has 104 valence electrons. The molecule has 0 amide bonds. The highest BCUT2D eigenvalue weighted by molar-refractivity contribution is 5.61. The van der Waals surface area contributed by atoms with Crippen LogP contribution in [0.5, 0.6) is 0 Å². The lowest BCUT2D eigenvalue weighted by Crippen LogP contribution is -2.09. The van der Waals surface area contributed by atoms with Gasteiger partial charge in [-0.15, -0.1) is 0 Å². The molecular weight excluding hydrogens is 250 g/mol. The monoisotopic (exact) mass is 269 g/mol. The number of nitrogen functional groups attached to an aromatic ring is 1. The van der Waals surface area contributed by atoms with Crippen molar-refractivity contribution in [1.29, 1.82) is 5.26 Å². The normalized spacial score (nSPS) is 10.2. The first-order chi connectivity index (χ1) is 9.60. The molecule has 0 fully saturated rings. The molecule has 0 saturated carbocycles. The minimum Gasteiger partial charge on any atom is -0.398 e. The predicted octanol–water partition coefficient (Wildman–Crippen LogP) is 2.46. The van der Waals surface area contributed by atoms with Crippen molar-refractivity contribution in [1.82, 2.24) is 9.78 Å². The van der Waals surface area contributed by atoms with Gasteiger partial charge in [0.25, 0.3) is 0 Å². The third-order valence-corrected chi connectivity index (χ3v) is 3.15. The Morgan fingerprint density at radius 2 is 2.15 bits per heavy atom. The van der Waals surface area contributed by atoms with Gasteiger partial charge in [-0.25, -0.2) is 0 Å². The summed E-state index contributed by atoms with van der Waals surface area (Å²) in [6.45, 7) is 5.77. The number of benzene rings is 1. The van der Waals surface area contributed by atoms with Crippen molar-refractivity contribution in [2.45, 2.75) is 26.8 Å². The third kappa shape index (κ3) is 3.29. The van der Waals surface area contributed by atoms with E-state index in [1.165, 1.54) is 5.69 Å². The van der Waals surface area contributed by atoms with Gasteiger partial charge < -0.3 is 11.1 Å². The first-order valence-electron chi connectivity index (χ1n) is 6.64. The lowest BCUT2D eigenvalue weighted by molar-refractivity contribution is 0.574. The lowest BCUT2D eigenvalue weighted by atomic mass is 10.2. The average Bonchev–Trinajstić information content (AvgIpc) is 2.75. The van der Waals surface area contributed by atoms with E-state index in [-0.39, 0.29) is 0 Å².